The predicted molar refractivity (Wildman–Crippen MR) is 149 cm³/mol. The first kappa shape index (κ1) is 25.7. The van der Waals surface area contributed by atoms with Gasteiger partial charge in [0.1, 0.15) is 17.4 Å². The molecule has 0 bridgehead atoms. The minimum Gasteiger partial charge on any atom is -0.492 e. The number of aryl methyl sites for hydroxylation is 3. The number of carboxylic acid groups (broad SMARTS) is 1. The number of halogens is 1. The van der Waals surface area contributed by atoms with Crippen LogP contribution in [-0.4, -0.2) is 32.2 Å². The lowest BCUT2D eigenvalue weighted by atomic mass is 9.88. The van der Waals surface area contributed by atoms with Gasteiger partial charge in [-0.05, 0) is 78.8 Å². The zero-order valence-electron chi connectivity index (χ0n) is 22.5. The number of nitrogens with one attached hydrogen (secondary N) is 1. The molecule has 0 radical (unpaired) electrons. The quantitative estimate of drug-likeness (QED) is 0.341. The molecule has 0 amide bonds. The highest BCUT2D eigenvalue weighted by molar-refractivity contribution is 5.79. The van der Waals surface area contributed by atoms with E-state index in [0.717, 1.165) is 38.9 Å². The molecule has 8 nitrogen and oxygen atoms in total. The largest absolute Gasteiger partial charge is 0.492 e. The summed E-state index contributed by atoms with van der Waals surface area (Å²) in [7, 11) is 1.67. The van der Waals surface area contributed by atoms with Gasteiger partial charge in [-0.3, -0.25) is 4.79 Å². The SMILES string of the molecule is Cc1cc(-c2ccn(C)c(=O)n2)cc(C)c1-c1ccc(F)c2c1CC[C@H]2Nc1cc2c(cn1)C(CC(=O)O)CO2. The normalized spacial score (nSPS) is 17.3. The standard InChI is InChI=1S/C31H29FN4O4/c1-16-10-18(24-8-9-36(3)31(39)35-24)11-17(2)29(16)20-4-6-23(32)30-21(20)5-7-25(30)34-27-13-26-22(14-33-27)19(15-40-26)12-28(37)38/h4,6,8-11,13-14,19,25H,5,7,12,15H2,1-3H3,(H,33,34)(H,37,38)/t19?,25-/m1/s1. The van der Waals surface area contributed by atoms with Crippen LogP contribution in [0.4, 0.5) is 10.2 Å². The van der Waals surface area contributed by atoms with Crippen LogP contribution in [0.25, 0.3) is 22.4 Å². The van der Waals surface area contributed by atoms with Crippen LogP contribution < -0.4 is 15.7 Å². The first-order valence-electron chi connectivity index (χ1n) is 13.3. The van der Waals surface area contributed by atoms with Crippen LogP contribution >= 0.6 is 0 Å². The van der Waals surface area contributed by atoms with E-state index in [-0.39, 0.29) is 29.9 Å². The molecule has 4 aromatic rings. The molecule has 0 saturated heterocycles. The van der Waals surface area contributed by atoms with Crippen molar-refractivity contribution >= 4 is 11.8 Å². The molecule has 2 aliphatic rings. The summed E-state index contributed by atoms with van der Waals surface area (Å²) in [5.74, 6) is -0.171. The maximum absolute atomic E-state index is 15.3. The topological polar surface area (TPSA) is 106 Å². The predicted octanol–water partition coefficient (Wildman–Crippen LogP) is 5.32. The Morgan fingerprint density at radius 2 is 1.98 bits per heavy atom. The molecule has 40 heavy (non-hydrogen) atoms. The molecular formula is C31H29FN4O4. The highest BCUT2D eigenvalue weighted by Gasteiger charge is 2.31. The van der Waals surface area contributed by atoms with Crippen molar-refractivity contribution in [2.24, 2.45) is 7.05 Å². The van der Waals surface area contributed by atoms with Crippen LogP contribution in [0.3, 0.4) is 0 Å². The van der Waals surface area contributed by atoms with Gasteiger partial charge in [0.15, 0.2) is 0 Å². The van der Waals surface area contributed by atoms with E-state index >= 15 is 4.39 Å². The lowest BCUT2D eigenvalue weighted by Crippen LogP contribution is -2.19. The van der Waals surface area contributed by atoms with Crippen molar-refractivity contribution in [2.45, 2.75) is 45.1 Å². The van der Waals surface area contributed by atoms with Crippen molar-refractivity contribution in [2.75, 3.05) is 11.9 Å². The second-order valence-corrected chi connectivity index (χ2v) is 10.6. The van der Waals surface area contributed by atoms with E-state index in [9.17, 15) is 9.59 Å². The molecule has 204 valence electrons. The molecule has 6 rings (SSSR count). The van der Waals surface area contributed by atoms with Gasteiger partial charge in [-0.25, -0.2) is 14.2 Å². The fraction of sp³-hybridized carbons (Fsp3) is 0.290. The van der Waals surface area contributed by atoms with E-state index in [2.05, 4.69) is 15.3 Å². The maximum Gasteiger partial charge on any atom is 0.347 e. The van der Waals surface area contributed by atoms with Crippen LogP contribution in [-0.2, 0) is 18.3 Å². The lowest BCUT2D eigenvalue weighted by Gasteiger charge is -2.19. The van der Waals surface area contributed by atoms with Crippen LogP contribution in [0, 0.1) is 19.7 Å². The third-order valence-electron chi connectivity index (χ3n) is 7.93. The van der Waals surface area contributed by atoms with Crippen LogP contribution in [0.1, 0.15) is 52.6 Å². The van der Waals surface area contributed by atoms with Crippen molar-refractivity contribution < 1.29 is 19.0 Å². The van der Waals surface area contributed by atoms with Crippen LogP contribution in [0.2, 0.25) is 0 Å². The molecule has 0 saturated carbocycles. The molecule has 2 aromatic heterocycles. The molecule has 1 aliphatic carbocycles. The number of anilines is 1. The Morgan fingerprint density at radius 1 is 1.20 bits per heavy atom. The number of fused-ring (bicyclic) bond motifs is 2. The number of hydrogen-bond acceptors (Lipinski definition) is 6. The van der Waals surface area contributed by atoms with Gasteiger partial charge in [0.05, 0.1) is 24.8 Å². The molecule has 1 unspecified atom stereocenters. The molecule has 0 spiro atoms. The molecule has 2 aromatic carbocycles. The summed E-state index contributed by atoms with van der Waals surface area (Å²) >= 11 is 0. The Bertz CT molecular complexity index is 1710. The molecule has 0 fully saturated rings. The van der Waals surface area contributed by atoms with Crippen molar-refractivity contribution in [3.05, 3.63) is 92.9 Å². The number of carbonyl (C=O) groups is 1. The van der Waals surface area contributed by atoms with Crippen molar-refractivity contribution in [1.29, 1.82) is 0 Å². The second-order valence-electron chi connectivity index (χ2n) is 10.6. The summed E-state index contributed by atoms with van der Waals surface area (Å²) < 4.78 is 22.5. The second kappa shape index (κ2) is 9.89. The summed E-state index contributed by atoms with van der Waals surface area (Å²) in [6.45, 7) is 4.37. The Balaban J connectivity index is 1.31. The van der Waals surface area contributed by atoms with E-state index in [1.165, 1.54) is 10.6 Å². The van der Waals surface area contributed by atoms with Gasteiger partial charge in [-0.15, -0.1) is 0 Å². The van der Waals surface area contributed by atoms with E-state index in [4.69, 9.17) is 9.84 Å². The fourth-order valence-corrected chi connectivity index (χ4v) is 6.05. The number of nitrogens with zero attached hydrogens (tertiary/aromatic N) is 3. The zero-order chi connectivity index (χ0) is 28.1. The van der Waals surface area contributed by atoms with Gasteiger partial charge in [-0.2, -0.15) is 4.98 Å². The van der Waals surface area contributed by atoms with Crippen molar-refractivity contribution in [3.63, 3.8) is 0 Å². The Morgan fingerprint density at radius 3 is 2.70 bits per heavy atom. The Hall–Kier alpha value is -4.53. The maximum atomic E-state index is 15.3. The minimum absolute atomic E-state index is 0.00840. The first-order valence-corrected chi connectivity index (χ1v) is 13.3. The van der Waals surface area contributed by atoms with Crippen LogP contribution in [0.5, 0.6) is 5.75 Å². The van der Waals surface area contributed by atoms with Gasteiger partial charge in [0.2, 0.25) is 0 Å². The number of rotatable bonds is 6. The van der Waals surface area contributed by atoms with Gasteiger partial charge in [0, 0.05) is 48.1 Å². The third-order valence-corrected chi connectivity index (χ3v) is 7.93. The summed E-state index contributed by atoms with van der Waals surface area (Å²) in [6.07, 6.45) is 4.77. The van der Waals surface area contributed by atoms with E-state index in [0.29, 0.717) is 42.3 Å². The summed E-state index contributed by atoms with van der Waals surface area (Å²) in [5, 5.41) is 12.5. The minimum atomic E-state index is -0.875. The van der Waals surface area contributed by atoms with Crippen molar-refractivity contribution in [3.8, 4) is 28.1 Å². The lowest BCUT2D eigenvalue weighted by molar-refractivity contribution is -0.137. The number of carboxylic acids is 1. The number of benzene rings is 2. The monoisotopic (exact) mass is 540 g/mol. The number of hydrogen-bond donors (Lipinski definition) is 2. The fourth-order valence-electron chi connectivity index (χ4n) is 6.05. The smallest absolute Gasteiger partial charge is 0.347 e. The number of ether oxygens (including phenoxy) is 1. The summed E-state index contributed by atoms with van der Waals surface area (Å²) in [6, 6.07) is 10.8. The first-order chi connectivity index (χ1) is 19.2. The number of aromatic nitrogens is 3. The van der Waals surface area contributed by atoms with Gasteiger partial charge in [-0.1, -0.05) is 6.07 Å². The van der Waals surface area contributed by atoms with E-state index in [1.807, 2.05) is 38.1 Å². The summed E-state index contributed by atoms with van der Waals surface area (Å²) in [5.41, 5.74) is 7.68. The molecule has 2 N–H and O–H groups in total. The molecule has 9 heteroatoms. The van der Waals surface area contributed by atoms with Crippen LogP contribution in [0.15, 0.2) is 53.6 Å². The van der Waals surface area contributed by atoms with Gasteiger partial charge >= 0.3 is 11.7 Å². The highest BCUT2D eigenvalue weighted by atomic mass is 19.1. The van der Waals surface area contributed by atoms with E-state index in [1.54, 1.807) is 25.5 Å². The van der Waals surface area contributed by atoms with Gasteiger partial charge < -0.3 is 19.7 Å². The Labute approximate surface area is 230 Å². The molecule has 3 heterocycles. The molecule has 2 atom stereocenters. The average Bonchev–Trinajstić information content (AvgIpc) is 3.51. The zero-order valence-corrected chi connectivity index (χ0v) is 22.5. The summed E-state index contributed by atoms with van der Waals surface area (Å²) in [4.78, 5) is 31.9. The average molecular weight is 541 g/mol. The Kier molecular flexibility index (Phi) is 6.37. The van der Waals surface area contributed by atoms with Crippen molar-refractivity contribution in [1.82, 2.24) is 14.5 Å². The number of aliphatic carboxylic acids is 1. The molecular weight excluding hydrogens is 511 g/mol. The third kappa shape index (κ3) is 4.51. The molecule has 1 aliphatic heterocycles. The highest BCUT2D eigenvalue weighted by Crippen LogP contribution is 2.44. The van der Waals surface area contributed by atoms with E-state index < -0.39 is 5.97 Å². The number of pyridine rings is 1. The van der Waals surface area contributed by atoms with Gasteiger partial charge in [0.25, 0.3) is 0 Å².